The van der Waals surface area contributed by atoms with Gasteiger partial charge < -0.3 is 15.6 Å². The maximum Gasteiger partial charge on any atom is 0.328 e. The van der Waals surface area contributed by atoms with Crippen LogP contribution in [0.25, 0.3) is 0 Å². The highest BCUT2D eigenvalue weighted by atomic mass is 16.5. The highest BCUT2D eigenvalue weighted by molar-refractivity contribution is 5.69. The van der Waals surface area contributed by atoms with Crippen LogP contribution in [-0.4, -0.2) is 20.9 Å². The van der Waals surface area contributed by atoms with Gasteiger partial charge in [-0.15, -0.1) is 0 Å². The van der Waals surface area contributed by atoms with Gasteiger partial charge in [0.05, 0.1) is 17.1 Å². The lowest BCUT2D eigenvalue weighted by molar-refractivity contribution is -0.145. The summed E-state index contributed by atoms with van der Waals surface area (Å²) in [5, 5.41) is 13.3. The third-order valence-electron chi connectivity index (χ3n) is 3.05. The molecule has 0 aliphatic rings. The molecule has 1 aromatic carbocycles. The Morgan fingerprint density at radius 3 is 2.55 bits per heavy atom. The van der Waals surface area contributed by atoms with E-state index in [0.717, 1.165) is 11.3 Å². The Bertz CT molecular complexity index is 617. The largest absolute Gasteiger partial charge is 0.508 e. The predicted octanol–water partition coefficient (Wildman–Crippen LogP) is 1.53. The lowest BCUT2D eigenvalue weighted by atomic mass is 10.2. The third kappa shape index (κ3) is 3.09. The lowest BCUT2D eigenvalue weighted by Crippen LogP contribution is -2.15. The topological polar surface area (TPSA) is 90.4 Å². The van der Waals surface area contributed by atoms with Crippen molar-refractivity contribution in [2.75, 3.05) is 5.73 Å². The number of aromatic hydroxyl groups is 1. The van der Waals surface area contributed by atoms with Gasteiger partial charge in [0.15, 0.2) is 0 Å². The summed E-state index contributed by atoms with van der Waals surface area (Å²) >= 11 is 0. The number of carbonyl (C=O) groups is 1. The molecule has 1 aromatic heterocycles. The fraction of sp³-hybridized carbons (Fsp3) is 0.286. The van der Waals surface area contributed by atoms with E-state index in [-0.39, 0.29) is 24.9 Å². The number of nitrogen functional groups attached to an aromatic ring is 1. The Kier molecular flexibility index (Phi) is 3.93. The molecule has 0 aliphatic carbocycles. The van der Waals surface area contributed by atoms with E-state index in [0.29, 0.717) is 11.4 Å². The van der Waals surface area contributed by atoms with E-state index in [1.54, 1.807) is 31.2 Å². The smallest absolute Gasteiger partial charge is 0.328 e. The number of phenolic OH excluding ortho intramolecular Hbond substituents is 1. The molecule has 3 N–H and O–H groups in total. The van der Waals surface area contributed by atoms with Crippen LogP contribution in [0.1, 0.15) is 17.0 Å². The van der Waals surface area contributed by atoms with Gasteiger partial charge in [-0.3, -0.25) is 9.48 Å². The standard InChI is InChI=1S/C14H17N3O3/c1-9-14(15)10(2)17(16-9)7-13(19)20-8-11-3-5-12(18)6-4-11/h3-6,18H,7-8,15H2,1-2H3. The number of nitrogens with zero attached hydrogens (tertiary/aromatic N) is 2. The van der Waals surface area contributed by atoms with Crippen molar-refractivity contribution in [3.8, 4) is 5.75 Å². The van der Waals surface area contributed by atoms with E-state index in [4.69, 9.17) is 15.6 Å². The monoisotopic (exact) mass is 275 g/mol. The summed E-state index contributed by atoms with van der Waals surface area (Å²) in [7, 11) is 0. The second-order valence-corrected chi connectivity index (χ2v) is 4.57. The molecule has 0 radical (unpaired) electrons. The van der Waals surface area contributed by atoms with Crippen molar-refractivity contribution in [3.05, 3.63) is 41.2 Å². The maximum absolute atomic E-state index is 11.8. The number of hydrogen-bond donors (Lipinski definition) is 2. The molecule has 6 nitrogen and oxygen atoms in total. The number of esters is 1. The number of hydrogen-bond acceptors (Lipinski definition) is 5. The van der Waals surface area contributed by atoms with Crippen LogP contribution in [0.5, 0.6) is 5.75 Å². The number of nitrogens with two attached hydrogens (primary N) is 1. The first-order chi connectivity index (χ1) is 9.47. The van der Waals surface area contributed by atoms with Crippen LogP contribution in [0.3, 0.4) is 0 Å². The van der Waals surface area contributed by atoms with Crippen molar-refractivity contribution >= 4 is 11.7 Å². The molecule has 0 aliphatic heterocycles. The van der Waals surface area contributed by atoms with E-state index in [2.05, 4.69) is 5.10 Å². The molecule has 0 spiro atoms. The van der Waals surface area contributed by atoms with Crippen molar-refractivity contribution in [2.24, 2.45) is 0 Å². The summed E-state index contributed by atoms with van der Waals surface area (Å²) in [6.07, 6.45) is 0. The minimum Gasteiger partial charge on any atom is -0.508 e. The molecule has 0 saturated heterocycles. The minimum absolute atomic E-state index is 0.0297. The zero-order valence-electron chi connectivity index (χ0n) is 11.5. The van der Waals surface area contributed by atoms with Crippen molar-refractivity contribution < 1.29 is 14.6 Å². The van der Waals surface area contributed by atoms with Gasteiger partial charge in [-0.05, 0) is 31.5 Å². The number of aryl methyl sites for hydroxylation is 1. The Morgan fingerprint density at radius 2 is 2.00 bits per heavy atom. The lowest BCUT2D eigenvalue weighted by Gasteiger charge is -2.06. The van der Waals surface area contributed by atoms with Gasteiger partial charge in [0, 0.05) is 0 Å². The molecule has 0 bridgehead atoms. The Morgan fingerprint density at radius 1 is 1.35 bits per heavy atom. The molecule has 106 valence electrons. The van der Waals surface area contributed by atoms with Crippen LogP contribution in [-0.2, 0) is 22.7 Å². The third-order valence-corrected chi connectivity index (χ3v) is 3.05. The average Bonchev–Trinajstić information content (AvgIpc) is 2.66. The summed E-state index contributed by atoms with van der Waals surface area (Å²) in [6.45, 7) is 3.79. The van der Waals surface area contributed by atoms with E-state index >= 15 is 0 Å². The fourth-order valence-corrected chi connectivity index (χ4v) is 1.79. The van der Waals surface area contributed by atoms with Crippen molar-refractivity contribution in [3.63, 3.8) is 0 Å². The summed E-state index contributed by atoms with van der Waals surface area (Å²) in [6, 6.07) is 6.49. The van der Waals surface area contributed by atoms with Crippen LogP contribution in [0, 0.1) is 13.8 Å². The van der Waals surface area contributed by atoms with Crippen LogP contribution in [0.2, 0.25) is 0 Å². The number of aromatic nitrogens is 2. The number of benzene rings is 1. The Hall–Kier alpha value is -2.50. The summed E-state index contributed by atoms with van der Waals surface area (Å²) in [5.74, 6) is -0.207. The quantitative estimate of drug-likeness (QED) is 0.826. The van der Waals surface area contributed by atoms with Crippen LogP contribution in [0.4, 0.5) is 5.69 Å². The van der Waals surface area contributed by atoms with Crippen molar-refractivity contribution in [1.82, 2.24) is 9.78 Å². The van der Waals surface area contributed by atoms with Crippen molar-refractivity contribution in [1.29, 1.82) is 0 Å². The van der Waals surface area contributed by atoms with Crippen LogP contribution in [0.15, 0.2) is 24.3 Å². The number of phenols is 1. The zero-order chi connectivity index (χ0) is 14.7. The van der Waals surface area contributed by atoms with Gasteiger partial charge in [0.25, 0.3) is 0 Å². The van der Waals surface area contributed by atoms with Gasteiger partial charge in [0.1, 0.15) is 18.9 Å². The van der Waals surface area contributed by atoms with Gasteiger partial charge in [0.2, 0.25) is 0 Å². The molecule has 0 fully saturated rings. The van der Waals surface area contributed by atoms with E-state index in [1.165, 1.54) is 4.68 Å². The van der Waals surface area contributed by atoms with Gasteiger partial charge in [-0.2, -0.15) is 5.10 Å². The summed E-state index contributed by atoms with van der Waals surface area (Å²) < 4.78 is 6.69. The molecule has 0 amide bonds. The molecule has 0 unspecified atom stereocenters. The van der Waals surface area contributed by atoms with E-state index in [9.17, 15) is 4.79 Å². The maximum atomic E-state index is 11.8. The number of ether oxygens (including phenoxy) is 1. The number of anilines is 1. The first-order valence-electron chi connectivity index (χ1n) is 6.20. The molecule has 1 heterocycles. The van der Waals surface area contributed by atoms with E-state index < -0.39 is 0 Å². The van der Waals surface area contributed by atoms with Gasteiger partial charge in [-0.1, -0.05) is 12.1 Å². The summed E-state index contributed by atoms with van der Waals surface area (Å²) in [5.41, 5.74) is 8.66. The van der Waals surface area contributed by atoms with Crippen molar-refractivity contribution in [2.45, 2.75) is 27.0 Å². The number of carbonyl (C=O) groups excluding carboxylic acids is 1. The zero-order valence-corrected chi connectivity index (χ0v) is 11.5. The highest BCUT2D eigenvalue weighted by Crippen LogP contribution is 2.15. The van der Waals surface area contributed by atoms with Gasteiger partial charge in [-0.25, -0.2) is 0 Å². The molecular formula is C14H17N3O3. The van der Waals surface area contributed by atoms with Crippen LogP contribution >= 0.6 is 0 Å². The molecule has 0 atom stereocenters. The molecule has 20 heavy (non-hydrogen) atoms. The Balaban J connectivity index is 1.92. The molecular weight excluding hydrogens is 258 g/mol. The van der Waals surface area contributed by atoms with Crippen LogP contribution < -0.4 is 5.73 Å². The second-order valence-electron chi connectivity index (χ2n) is 4.57. The van der Waals surface area contributed by atoms with Gasteiger partial charge >= 0.3 is 5.97 Å². The molecule has 0 saturated carbocycles. The van der Waals surface area contributed by atoms with E-state index in [1.807, 2.05) is 6.92 Å². The first-order valence-corrected chi connectivity index (χ1v) is 6.20. The predicted molar refractivity (Wildman–Crippen MR) is 74.0 cm³/mol. The molecule has 6 heteroatoms. The molecule has 2 rings (SSSR count). The average molecular weight is 275 g/mol. The normalized spacial score (nSPS) is 10.5. The first kappa shape index (κ1) is 13.9. The highest BCUT2D eigenvalue weighted by Gasteiger charge is 2.12. The summed E-state index contributed by atoms with van der Waals surface area (Å²) in [4.78, 5) is 11.8. The SMILES string of the molecule is Cc1nn(CC(=O)OCc2ccc(O)cc2)c(C)c1N. The molecule has 2 aromatic rings. The Labute approximate surface area is 116 Å². The second kappa shape index (κ2) is 5.64. The minimum atomic E-state index is -0.385. The fourth-order valence-electron chi connectivity index (χ4n) is 1.79. The number of rotatable bonds is 4.